The van der Waals surface area contributed by atoms with Crippen LogP contribution in [0.5, 0.6) is 0 Å². The second-order valence-corrected chi connectivity index (χ2v) is 7.88. The van der Waals surface area contributed by atoms with Crippen LogP contribution in [0.3, 0.4) is 0 Å². The molecule has 0 unspecified atom stereocenters. The fourth-order valence-electron chi connectivity index (χ4n) is 4.18. The molecule has 0 atom stereocenters. The van der Waals surface area contributed by atoms with Crippen LogP contribution >= 0.6 is 0 Å². The number of hydrogen-bond donors (Lipinski definition) is 0. The van der Waals surface area contributed by atoms with Gasteiger partial charge in [-0.25, -0.2) is 4.98 Å². The zero-order valence-corrected chi connectivity index (χ0v) is 17.6. The third kappa shape index (κ3) is 4.18. The minimum absolute atomic E-state index is 0.0340. The van der Waals surface area contributed by atoms with Crippen LogP contribution in [0.2, 0.25) is 0 Å². The number of carbonyl (C=O) groups excluding carboxylic acids is 1. The van der Waals surface area contributed by atoms with Gasteiger partial charge in [-0.15, -0.1) is 0 Å². The van der Waals surface area contributed by atoms with Gasteiger partial charge in [0.15, 0.2) is 0 Å². The summed E-state index contributed by atoms with van der Waals surface area (Å²) in [7, 11) is 0. The molecule has 162 valence electrons. The van der Waals surface area contributed by atoms with E-state index in [0.29, 0.717) is 19.2 Å². The Hall–Kier alpha value is -3.20. The molecule has 9 heteroatoms. The van der Waals surface area contributed by atoms with Gasteiger partial charge in [0.05, 0.1) is 24.2 Å². The van der Waals surface area contributed by atoms with Gasteiger partial charge in [-0.1, -0.05) is 12.1 Å². The number of fused-ring (bicyclic) bond motifs is 1. The quantitative estimate of drug-likeness (QED) is 0.592. The fraction of sp³-hybridized carbons (Fsp3) is 0.455. The van der Waals surface area contributed by atoms with E-state index >= 15 is 0 Å². The Morgan fingerprint density at radius 3 is 2.55 bits per heavy atom. The molecule has 2 aromatic heterocycles. The van der Waals surface area contributed by atoms with Crippen molar-refractivity contribution in [2.45, 2.75) is 25.9 Å². The molecule has 2 fully saturated rings. The predicted molar refractivity (Wildman–Crippen MR) is 117 cm³/mol. The van der Waals surface area contributed by atoms with Crippen molar-refractivity contribution in [3.63, 3.8) is 0 Å². The van der Waals surface area contributed by atoms with E-state index < -0.39 is 0 Å². The van der Waals surface area contributed by atoms with Gasteiger partial charge >= 0.3 is 5.97 Å². The molecule has 2 saturated heterocycles. The number of para-hydroxylation sites is 2. The van der Waals surface area contributed by atoms with E-state index in [1.54, 1.807) is 0 Å². The summed E-state index contributed by atoms with van der Waals surface area (Å²) in [5.74, 6) is 2.15. The number of esters is 1. The highest BCUT2D eigenvalue weighted by atomic mass is 16.5. The molecular weight excluding hydrogens is 396 g/mol. The summed E-state index contributed by atoms with van der Waals surface area (Å²) in [6, 6.07) is 10.1. The Morgan fingerprint density at radius 1 is 1.03 bits per heavy atom. The maximum absolute atomic E-state index is 11.3. The number of benzene rings is 1. The Morgan fingerprint density at radius 2 is 1.77 bits per heavy atom. The Kier molecular flexibility index (Phi) is 5.42. The van der Waals surface area contributed by atoms with Gasteiger partial charge < -0.3 is 19.3 Å². The predicted octanol–water partition coefficient (Wildman–Crippen LogP) is 2.18. The first-order chi connectivity index (χ1) is 15.2. The second kappa shape index (κ2) is 8.50. The maximum atomic E-state index is 11.3. The first-order valence-corrected chi connectivity index (χ1v) is 10.7. The number of hydrogen-bond acceptors (Lipinski definition) is 8. The topological polar surface area (TPSA) is 85.6 Å². The van der Waals surface area contributed by atoms with Gasteiger partial charge in [0, 0.05) is 52.0 Å². The molecule has 1 aromatic carbocycles. The van der Waals surface area contributed by atoms with Crippen molar-refractivity contribution in [1.82, 2.24) is 19.5 Å². The highest BCUT2D eigenvalue weighted by Gasteiger charge is 2.25. The van der Waals surface area contributed by atoms with Crippen molar-refractivity contribution in [2.24, 2.45) is 0 Å². The van der Waals surface area contributed by atoms with Crippen LogP contribution in [0.4, 0.5) is 11.8 Å². The van der Waals surface area contributed by atoms with Gasteiger partial charge in [-0.05, 0) is 12.1 Å². The second-order valence-electron chi connectivity index (χ2n) is 7.88. The van der Waals surface area contributed by atoms with Gasteiger partial charge in [-0.3, -0.25) is 9.36 Å². The van der Waals surface area contributed by atoms with Crippen molar-refractivity contribution in [3.05, 3.63) is 36.7 Å². The van der Waals surface area contributed by atoms with E-state index in [-0.39, 0.29) is 12.1 Å². The average Bonchev–Trinajstić information content (AvgIpc) is 3.24. The Balaban J connectivity index is 1.49. The number of imidazole rings is 1. The van der Waals surface area contributed by atoms with Gasteiger partial charge in [-0.2, -0.15) is 9.97 Å². The molecule has 0 radical (unpaired) electrons. The van der Waals surface area contributed by atoms with Crippen molar-refractivity contribution >= 4 is 28.8 Å². The lowest BCUT2D eigenvalue weighted by Gasteiger charge is -2.33. The maximum Gasteiger partial charge on any atom is 0.302 e. The van der Waals surface area contributed by atoms with Crippen LogP contribution in [0.15, 0.2) is 36.7 Å². The van der Waals surface area contributed by atoms with Crippen LogP contribution in [-0.2, 0) is 14.3 Å². The normalized spacial score (nSPS) is 17.8. The van der Waals surface area contributed by atoms with Crippen LogP contribution in [0, 0.1) is 0 Å². The monoisotopic (exact) mass is 422 g/mol. The number of anilines is 2. The molecule has 9 nitrogen and oxygen atoms in total. The molecule has 5 rings (SSSR count). The molecule has 3 aromatic rings. The number of carbonyl (C=O) groups is 1. The van der Waals surface area contributed by atoms with Gasteiger partial charge in [0.25, 0.3) is 0 Å². The molecule has 0 N–H and O–H groups in total. The number of morpholine rings is 1. The van der Waals surface area contributed by atoms with Crippen LogP contribution in [0.1, 0.15) is 19.8 Å². The van der Waals surface area contributed by atoms with Crippen LogP contribution < -0.4 is 9.80 Å². The SMILES string of the molecule is CC(=O)OC1CCN(c2nc(N3CCOCC3)cc(-n3cnc4ccccc43)n2)CC1. The third-order valence-electron chi connectivity index (χ3n) is 5.78. The number of piperidine rings is 1. The lowest BCUT2D eigenvalue weighted by Crippen LogP contribution is -2.40. The summed E-state index contributed by atoms with van der Waals surface area (Å²) in [5.41, 5.74) is 1.94. The summed E-state index contributed by atoms with van der Waals surface area (Å²) >= 11 is 0. The number of nitrogens with zero attached hydrogens (tertiary/aromatic N) is 6. The zero-order valence-electron chi connectivity index (χ0n) is 17.6. The van der Waals surface area contributed by atoms with Crippen molar-refractivity contribution in [2.75, 3.05) is 49.2 Å². The number of ether oxygens (including phenoxy) is 2. The van der Waals surface area contributed by atoms with Gasteiger partial charge in [0.2, 0.25) is 5.95 Å². The molecule has 31 heavy (non-hydrogen) atoms. The lowest BCUT2D eigenvalue weighted by atomic mass is 10.1. The van der Waals surface area contributed by atoms with E-state index in [0.717, 1.165) is 61.7 Å². The van der Waals surface area contributed by atoms with E-state index in [1.807, 2.05) is 41.2 Å². The van der Waals surface area contributed by atoms with E-state index in [2.05, 4.69) is 14.8 Å². The van der Waals surface area contributed by atoms with Crippen LogP contribution in [0.25, 0.3) is 16.9 Å². The summed E-state index contributed by atoms with van der Waals surface area (Å²) in [6.07, 6.45) is 3.32. The van der Waals surface area contributed by atoms with E-state index in [1.165, 1.54) is 6.92 Å². The van der Waals surface area contributed by atoms with Crippen molar-refractivity contribution in [1.29, 1.82) is 0 Å². The highest BCUT2D eigenvalue weighted by molar-refractivity contribution is 5.77. The summed E-state index contributed by atoms with van der Waals surface area (Å²) < 4.78 is 12.9. The first-order valence-electron chi connectivity index (χ1n) is 10.7. The molecule has 0 saturated carbocycles. The third-order valence-corrected chi connectivity index (χ3v) is 5.78. The molecule has 0 spiro atoms. The summed E-state index contributed by atoms with van der Waals surface area (Å²) in [4.78, 5) is 30.0. The standard InChI is InChI=1S/C22H26N6O3/c1-16(29)31-17-6-8-27(9-7-17)22-24-20(26-10-12-30-13-11-26)14-21(25-22)28-15-23-18-4-2-3-5-19(18)28/h2-5,14-15,17H,6-13H2,1H3. The van der Waals surface area contributed by atoms with Crippen molar-refractivity contribution in [3.8, 4) is 5.82 Å². The molecule has 4 heterocycles. The Bertz CT molecular complexity index is 1070. The molecule has 0 bridgehead atoms. The molecule has 2 aliphatic rings. The van der Waals surface area contributed by atoms with E-state index in [4.69, 9.17) is 19.4 Å². The molecule has 0 aliphatic carbocycles. The minimum atomic E-state index is -0.224. The minimum Gasteiger partial charge on any atom is -0.462 e. The highest BCUT2D eigenvalue weighted by Crippen LogP contribution is 2.26. The summed E-state index contributed by atoms with van der Waals surface area (Å²) in [6.45, 7) is 5.93. The van der Waals surface area contributed by atoms with Crippen LogP contribution in [-0.4, -0.2) is 71.0 Å². The van der Waals surface area contributed by atoms with Crippen molar-refractivity contribution < 1.29 is 14.3 Å². The average molecular weight is 422 g/mol. The largest absolute Gasteiger partial charge is 0.462 e. The molecule has 0 amide bonds. The number of rotatable bonds is 4. The molecule has 2 aliphatic heterocycles. The smallest absolute Gasteiger partial charge is 0.302 e. The summed E-state index contributed by atoms with van der Waals surface area (Å²) in [5, 5.41) is 0. The molecular formula is C22H26N6O3. The van der Waals surface area contributed by atoms with E-state index in [9.17, 15) is 4.79 Å². The Labute approximate surface area is 180 Å². The number of aromatic nitrogens is 4. The lowest BCUT2D eigenvalue weighted by molar-refractivity contribution is -0.147. The first kappa shape index (κ1) is 19.7. The van der Waals surface area contributed by atoms with Gasteiger partial charge in [0.1, 0.15) is 24.1 Å². The zero-order chi connectivity index (χ0) is 21.2. The fourth-order valence-corrected chi connectivity index (χ4v) is 4.18.